The normalized spacial score (nSPS) is 14.6. The van der Waals surface area contributed by atoms with Crippen molar-refractivity contribution in [3.8, 4) is 11.4 Å². The van der Waals surface area contributed by atoms with Crippen LogP contribution in [0, 0.1) is 13.8 Å². The maximum Gasteiger partial charge on any atom is 0.161 e. The van der Waals surface area contributed by atoms with Gasteiger partial charge in [0.2, 0.25) is 0 Å². The highest BCUT2D eigenvalue weighted by molar-refractivity contribution is 5.57. The zero-order valence-corrected chi connectivity index (χ0v) is 15.2. The number of rotatable bonds is 4. The van der Waals surface area contributed by atoms with Gasteiger partial charge in [0, 0.05) is 55.7 Å². The number of hydrogen-bond donors (Lipinski definition) is 2. The average Bonchev–Trinajstić information content (AvgIpc) is 3.07. The highest BCUT2D eigenvalue weighted by atomic mass is 15.2. The zero-order valence-electron chi connectivity index (χ0n) is 15.2. The van der Waals surface area contributed by atoms with Crippen LogP contribution in [0.15, 0.2) is 30.5 Å². The molecule has 1 saturated heterocycles. The van der Waals surface area contributed by atoms with E-state index in [1.165, 1.54) is 0 Å². The lowest BCUT2D eigenvalue weighted by molar-refractivity contribution is 0.585. The number of aromatic nitrogens is 5. The van der Waals surface area contributed by atoms with Gasteiger partial charge in [-0.15, -0.1) is 0 Å². The second-order valence-corrected chi connectivity index (χ2v) is 6.69. The lowest BCUT2D eigenvalue weighted by Crippen LogP contribution is -2.43. The molecule has 1 aliphatic heterocycles. The van der Waals surface area contributed by atoms with Gasteiger partial charge >= 0.3 is 0 Å². The van der Waals surface area contributed by atoms with Crippen molar-refractivity contribution in [2.75, 3.05) is 31.1 Å². The maximum absolute atomic E-state index is 4.72. The molecule has 0 radical (unpaired) electrons. The summed E-state index contributed by atoms with van der Waals surface area (Å²) in [5.41, 5.74) is 4.89. The van der Waals surface area contributed by atoms with Crippen molar-refractivity contribution in [3.05, 3.63) is 53.2 Å². The molecule has 0 atom stereocenters. The molecule has 4 heterocycles. The van der Waals surface area contributed by atoms with E-state index < -0.39 is 0 Å². The molecule has 1 fully saturated rings. The minimum Gasteiger partial charge on any atom is -0.354 e. The lowest BCUT2D eigenvalue weighted by atomic mass is 10.2. The summed E-state index contributed by atoms with van der Waals surface area (Å²) in [6, 6.07) is 8.17. The second-order valence-electron chi connectivity index (χ2n) is 6.69. The van der Waals surface area contributed by atoms with E-state index in [0.717, 1.165) is 60.3 Å². The van der Waals surface area contributed by atoms with Crippen LogP contribution in [-0.2, 0) is 6.42 Å². The first-order valence-electron chi connectivity index (χ1n) is 8.95. The van der Waals surface area contributed by atoms with Crippen molar-refractivity contribution < 1.29 is 0 Å². The van der Waals surface area contributed by atoms with Gasteiger partial charge < -0.3 is 10.2 Å². The Kier molecular flexibility index (Phi) is 4.62. The van der Waals surface area contributed by atoms with E-state index in [-0.39, 0.29) is 0 Å². The molecule has 0 bridgehead atoms. The molecule has 3 aromatic rings. The number of nitrogens with one attached hydrogen (secondary N) is 2. The van der Waals surface area contributed by atoms with Crippen LogP contribution in [0.2, 0.25) is 0 Å². The fourth-order valence-electron chi connectivity index (χ4n) is 3.20. The lowest BCUT2D eigenvalue weighted by Gasteiger charge is -2.28. The highest BCUT2D eigenvalue weighted by Crippen LogP contribution is 2.20. The van der Waals surface area contributed by atoms with Crippen LogP contribution in [-0.4, -0.2) is 51.3 Å². The SMILES string of the molecule is Cc1cc(Cc2cc(C)[nH]n2)nc(-c2ccc(N3CCNCC3)nc2)n1. The predicted octanol–water partition coefficient (Wildman–Crippen LogP) is 1.88. The van der Waals surface area contributed by atoms with Gasteiger partial charge in [0.15, 0.2) is 5.82 Å². The van der Waals surface area contributed by atoms with Crippen LogP contribution in [0.1, 0.15) is 22.8 Å². The van der Waals surface area contributed by atoms with Crippen LogP contribution >= 0.6 is 0 Å². The van der Waals surface area contributed by atoms with E-state index in [0.29, 0.717) is 12.2 Å². The van der Waals surface area contributed by atoms with Crippen molar-refractivity contribution in [1.82, 2.24) is 30.5 Å². The Hall–Kier alpha value is -2.80. The van der Waals surface area contributed by atoms with Crippen LogP contribution < -0.4 is 10.2 Å². The molecule has 1 aliphatic rings. The van der Waals surface area contributed by atoms with Gasteiger partial charge in [-0.2, -0.15) is 5.10 Å². The van der Waals surface area contributed by atoms with E-state index in [2.05, 4.69) is 42.5 Å². The minimum atomic E-state index is 0.687. The Morgan fingerprint density at radius 3 is 2.58 bits per heavy atom. The Labute approximate surface area is 152 Å². The van der Waals surface area contributed by atoms with Gasteiger partial charge in [-0.25, -0.2) is 15.0 Å². The smallest absolute Gasteiger partial charge is 0.161 e. The molecule has 3 aromatic heterocycles. The van der Waals surface area contributed by atoms with Gasteiger partial charge in [-0.3, -0.25) is 5.10 Å². The third kappa shape index (κ3) is 3.72. The number of piperazine rings is 1. The Morgan fingerprint density at radius 1 is 1.04 bits per heavy atom. The molecule has 0 amide bonds. The summed E-state index contributed by atoms with van der Waals surface area (Å²) < 4.78 is 0. The van der Waals surface area contributed by atoms with Crippen molar-refractivity contribution in [1.29, 1.82) is 0 Å². The number of anilines is 1. The first-order valence-corrected chi connectivity index (χ1v) is 8.95. The van der Waals surface area contributed by atoms with E-state index in [1.54, 1.807) is 0 Å². The van der Waals surface area contributed by atoms with E-state index >= 15 is 0 Å². The summed E-state index contributed by atoms with van der Waals surface area (Å²) >= 11 is 0. The summed E-state index contributed by atoms with van der Waals surface area (Å²) in [7, 11) is 0. The largest absolute Gasteiger partial charge is 0.354 e. The van der Waals surface area contributed by atoms with Crippen molar-refractivity contribution in [2.24, 2.45) is 0 Å². The fourth-order valence-corrected chi connectivity index (χ4v) is 3.20. The monoisotopic (exact) mass is 349 g/mol. The average molecular weight is 349 g/mol. The van der Waals surface area contributed by atoms with Crippen molar-refractivity contribution in [2.45, 2.75) is 20.3 Å². The molecule has 26 heavy (non-hydrogen) atoms. The number of hydrogen-bond acceptors (Lipinski definition) is 6. The highest BCUT2D eigenvalue weighted by Gasteiger charge is 2.13. The first-order chi connectivity index (χ1) is 12.7. The molecular formula is C19H23N7. The molecular weight excluding hydrogens is 326 g/mol. The zero-order chi connectivity index (χ0) is 17.9. The Bertz CT molecular complexity index is 879. The summed E-state index contributed by atoms with van der Waals surface area (Å²) in [6.07, 6.45) is 2.56. The Morgan fingerprint density at radius 2 is 1.88 bits per heavy atom. The third-order valence-corrected chi connectivity index (χ3v) is 4.48. The summed E-state index contributed by atoms with van der Waals surface area (Å²) in [5, 5.41) is 10.6. The van der Waals surface area contributed by atoms with Gasteiger partial charge in [0.05, 0.1) is 11.4 Å². The maximum atomic E-state index is 4.72. The van der Waals surface area contributed by atoms with Crippen molar-refractivity contribution in [3.63, 3.8) is 0 Å². The van der Waals surface area contributed by atoms with E-state index in [1.807, 2.05) is 32.2 Å². The summed E-state index contributed by atoms with van der Waals surface area (Å²) in [4.78, 5) is 16.2. The number of aryl methyl sites for hydroxylation is 2. The minimum absolute atomic E-state index is 0.687. The molecule has 0 aliphatic carbocycles. The molecule has 0 aromatic carbocycles. The molecule has 2 N–H and O–H groups in total. The molecule has 7 heteroatoms. The van der Waals surface area contributed by atoms with Crippen LogP contribution in [0.25, 0.3) is 11.4 Å². The third-order valence-electron chi connectivity index (χ3n) is 4.48. The van der Waals surface area contributed by atoms with Crippen LogP contribution in [0.5, 0.6) is 0 Å². The topological polar surface area (TPSA) is 82.6 Å². The molecule has 0 saturated carbocycles. The van der Waals surface area contributed by atoms with E-state index in [4.69, 9.17) is 4.98 Å². The second kappa shape index (κ2) is 7.21. The molecule has 134 valence electrons. The molecule has 0 unspecified atom stereocenters. The number of aromatic amines is 1. The van der Waals surface area contributed by atoms with Gasteiger partial charge in [0.25, 0.3) is 0 Å². The van der Waals surface area contributed by atoms with Gasteiger partial charge in [-0.1, -0.05) is 0 Å². The number of nitrogens with zero attached hydrogens (tertiary/aromatic N) is 5. The quantitative estimate of drug-likeness (QED) is 0.748. The Balaban J connectivity index is 1.56. The molecule has 0 spiro atoms. The molecule has 4 rings (SSSR count). The van der Waals surface area contributed by atoms with Gasteiger partial charge in [-0.05, 0) is 38.1 Å². The van der Waals surface area contributed by atoms with Crippen molar-refractivity contribution >= 4 is 5.82 Å². The van der Waals surface area contributed by atoms with Crippen LogP contribution in [0.3, 0.4) is 0 Å². The number of pyridine rings is 1. The summed E-state index contributed by atoms with van der Waals surface area (Å²) in [5.74, 6) is 1.72. The van der Waals surface area contributed by atoms with Gasteiger partial charge in [0.1, 0.15) is 5.82 Å². The fraction of sp³-hybridized carbons (Fsp3) is 0.368. The standard InChI is InChI=1S/C19H23N7/c1-13-9-16(11-17-10-14(2)24-25-17)23-19(22-13)15-3-4-18(21-12-15)26-7-5-20-6-8-26/h3-4,9-10,12,20H,5-8,11H2,1-2H3,(H,24,25). The number of H-pyrrole nitrogens is 1. The first kappa shape index (κ1) is 16.7. The summed E-state index contributed by atoms with van der Waals surface area (Å²) in [6.45, 7) is 7.97. The van der Waals surface area contributed by atoms with E-state index in [9.17, 15) is 0 Å². The van der Waals surface area contributed by atoms with Crippen LogP contribution in [0.4, 0.5) is 5.82 Å². The predicted molar refractivity (Wildman–Crippen MR) is 101 cm³/mol. The molecule has 7 nitrogen and oxygen atoms in total.